The number of halogens is 6. The number of piperazine rings is 1. The summed E-state index contributed by atoms with van der Waals surface area (Å²) in [5.41, 5.74) is -6.04. The van der Waals surface area contributed by atoms with Crippen molar-refractivity contribution in [3.63, 3.8) is 0 Å². The third kappa shape index (κ3) is 5.90. The summed E-state index contributed by atoms with van der Waals surface area (Å²) in [7, 11) is -3.90. The second-order valence-corrected chi connectivity index (χ2v) is 12.2. The Balaban J connectivity index is 1.63. The Hall–Kier alpha value is -2.00. The maximum Gasteiger partial charge on any atom is 0.430 e. The Bertz CT molecular complexity index is 1210. The molecule has 2 saturated heterocycles. The van der Waals surface area contributed by atoms with Crippen LogP contribution in [0.3, 0.4) is 0 Å². The second-order valence-electron chi connectivity index (χ2n) is 9.84. The van der Waals surface area contributed by atoms with Crippen LogP contribution in [-0.4, -0.2) is 73.9 Å². The highest BCUT2D eigenvalue weighted by molar-refractivity contribution is 7.96. The number of thiocarbonyl (C=S) groups is 1. The maximum atomic E-state index is 13.4. The summed E-state index contributed by atoms with van der Waals surface area (Å²) in [6, 6.07) is 3.02. The van der Waals surface area contributed by atoms with E-state index in [0.29, 0.717) is 48.7 Å². The predicted octanol–water partition coefficient (Wildman–Crippen LogP) is 4.85. The van der Waals surface area contributed by atoms with E-state index in [1.165, 1.54) is 10.4 Å². The number of rotatable bonds is 6. The number of hydrogen-bond acceptors (Lipinski definition) is 6. The van der Waals surface area contributed by atoms with E-state index in [4.69, 9.17) is 17.0 Å². The van der Waals surface area contributed by atoms with Crippen LogP contribution in [0.15, 0.2) is 47.4 Å². The quantitative estimate of drug-likeness (QED) is 0.373. The van der Waals surface area contributed by atoms with E-state index >= 15 is 0 Å². The van der Waals surface area contributed by atoms with Gasteiger partial charge in [0, 0.05) is 61.4 Å². The molecule has 4 rings (SSSR count). The van der Waals surface area contributed by atoms with Crippen molar-refractivity contribution < 1.29 is 44.6 Å². The molecule has 1 N–H and O–H groups in total. The van der Waals surface area contributed by atoms with E-state index in [9.17, 15) is 39.9 Å². The summed E-state index contributed by atoms with van der Waals surface area (Å²) in [4.78, 5) is 2.17. The van der Waals surface area contributed by atoms with Gasteiger partial charge in [0.15, 0.2) is 0 Å². The van der Waals surface area contributed by atoms with Crippen molar-refractivity contribution in [2.45, 2.75) is 49.7 Å². The molecule has 1 aromatic carbocycles. The van der Waals surface area contributed by atoms with Crippen LogP contribution in [0, 0.1) is 5.92 Å². The normalized spacial score (nSPS) is 22.7. The van der Waals surface area contributed by atoms with Gasteiger partial charge in [0.2, 0.25) is 10.0 Å². The summed E-state index contributed by atoms with van der Waals surface area (Å²) >= 11 is 5.27. The third-order valence-corrected chi connectivity index (χ3v) is 9.87. The van der Waals surface area contributed by atoms with Crippen LogP contribution < -0.4 is 4.90 Å². The van der Waals surface area contributed by atoms with Gasteiger partial charge in [-0.1, -0.05) is 36.5 Å². The molecule has 0 saturated carbocycles. The summed E-state index contributed by atoms with van der Waals surface area (Å²) < 4.78 is 114. The lowest BCUT2D eigenvalue weighted by atomic mass is 9.90. The Kier molecular flexibility index (Phi) is 8.54. The minimum atomic E-state index is -5.98. The van der Waals surface area contributed by atoms with Gasteiger partial charge in [-0.2, -0.15) is 30.6 Å². The lowest BCUT2D eigenvalue weighted by molar-refractivity contribution is -0.376. The molecule has 216 valence electrons. The zero-order chi connectivity index (χ0) is 28.6. The number of alkyl halides is 6. The molecule has 1 unspecified atom stereocenters. The van der Waals surface area contributed by atoms with Crippen molar-refractivity contribution >= 4 is 32.8 Å². The molecule has 2 aliphatic heterocycles. The minimum absolute atomic E-state index is 0.0487. The highest BCUT2D eigenvalue weighted by atomic mass is 32.2. The zero-order valence-electron chi connectivity index (χ0n) is 20.7. The van der Waals surface area contributed by atoms with Gasteiger partial charge in [-0.05, 0) is 43.4 Å². The van der Waals surface area contributed by atoms with E-state index in [1.54, 1.807) is 17.1 Å². The summed E-state index contributed by atoms with van der Waals surface area (Å²) in [5.74, 6) is 0.201. The maximum absolute atomic E-state index is 13.4. The molecule has 14 heteroatoms. The van der Waals surface area contributed by atoms with Crippen LogP contribution >= 0.6 is 12.2 Å². The summed E-state index contributed by atoms with van der Waals surface area (Å²) in [6.45, 7) is 1.38. The first-order valence-corrected chi connectivity index (χ1v) is 14.2. The first-order chi connectivity index (χ1) is 18.2. The number of ether oxygens (including phenoxy) is 1. The van der Waals surface area contributed by atoms with Gasteiger partial charge in [-0.3, -0.25) is 0 Å². The molecular weight excluding hydrogens is 570 g/mol. The number of hydrogen-bond donors (Lipinski definition) is 1. The number of anilines is 1. The van der Waals surface area contributed by atoms with Crippen molar-refractivity contribution in [1.29, 1.82) is 0 Å². The van der Waals surface area contributed by atoms with E-state index in [-0.39, 0.29) is 30.5 Å². The third-order valence-electron chi connectivity index (χ3n) is 7.41. The fraction of sp³-hybridized carbons (Fsp3) is 0.560. The van der Waals surface area contributed by atoms with E-state index in [1.807, 2.05) is 0 Å². The van der Waals surface area contributed by atoms with Crippen LogP contribution in [-0.2, 0) is 20.4 Å². The Labute approximate surface area is 228 Å². The molecule has 2 heterocycles. The van der Waals surface area contributed by atoms with Crippen molar-refractivity contribution in [2.75, 3.05) is 37.7 Å². The van der Waals surface area contributed by atoms with Crippen LogP contribution in [0.25, 0.3) is 0 Å². The molecule has 0 radical (unpaired) electrons. The largest absolute Gasteiger partial charge is 0.430 e. The van der Waals surface area contributed by atoms with Gasteiger partial charge in [0.05, 0.1) is 4.91 Å². The fourth-order valence-corrected chi connectivity index (χ4v) is 7.30. The van der Waals surface area contributed by atoms with Gasteiger partial charge in [-0.15, -0.1) is 0 Å². The highest BCUT2D eigenvalue weighted by Crippen LogP contribution is 2.50. The molecule has 3 aliphatic rings. The molecule has 1 aromatic rings. The number of nitrogens with zero attached hydrogens (tertiary/aromatic N) is 2. The van der Waals surface area contributed by atoms with Gasteiger partial charge < -0.3 is 14.7 Å². The van der Waals surface area contributed by atoms with Gasteiger partial charge >= 0.3 is 12.4 Å². The Morgan fingerprint density at radius 2 is 1.62 bits per heavy atom. The number of sulfonamides is 1. The summed E-state index contributed by atoms with van der Waals surface area (Å²) in [5, 5.41) is 9.73. The first kappa shape index (κ1) is 30.0. The number of aliphatic hydroxyl groups is 1. The molecule has 0 bridgehead atoms. The molecule has 0 amide bonds. The average Bonchev–Trinajstić information content (AvgIpc) is 2.88. The van der Waals surface area contributed by atoms with Crippen LogP contribution in [0.1, 0.15) is 31.2 Å². The van der Waals surface area contributed by atoms with Gasteiger partial charge in [-0.25, -0.2) is 8.42 Å². The van der Waals surface area contributed by atoms with Crippen LogP contribution in [0.2, 0.25) is 0 Å². The van der Waals surface area contributed by atoms with Crippen molar-refractivity contribution in [3.05, 3.63) is 53.0 Å². The van der Waals surface area contributed by atoms with E-state index in [0.717, 1.165) is 25.0 Å². The molecule has 39 heavy (non-hydrogen) atoms. The topological polar surface area (TPSA) is 70.1 Å². The van der Waals surface area contributed by atoms with E-state index in [2.05, 4.69) is 0 Å². The zero-order valence-corrected chi connectivity index (χ0v) is 22.3. The lowest BCUT2D eigenvalue weighted by Gasteiger charge is -2.44. The van der Waals surface area contributed by atoms with Crippen molar-refractivity contribution in [3.8, 4) is 0 Å². The fourth-order valence-electron chi connectivity index (χ4n) is 5.23. The SMILES string of the molecule is O=S(=O)(C1=CC=CCC1=S)N1CCN(c2ccc(C(O)(C(F)(F)F)C(F)(F)F)cc2)C(CC2CCOCC2)C1. The standard InChI is InChI=1S/C25H28F6N2O4S2/c26-24(27,28)23(34,25(29,30)31)18-5-7-19(8-6-18)33-12-11-32(16-20(33)15-17-9-13-37-14-10-17)39(35,36)22-4-2-1-3-21(22)38/h1-2,4-8,17,20,34H,3,9-16H2. The number of allylic oxidation sites excluding steroid dienone is 4. The van der Waals surface area contributed by atoms with Gasteiger partial charge in [0.1, 0.15) is 0 Å². The van der Waals surface area contributed by atoms with E-state index < -0.39 is 39.6 Å². The average molecular weight is 599 g/mol. The molecule has 0 spiro atoms. The second kappa shape index (κ2) is 11.1. The molecular formula is C25H28F6N2O4S2. The number of benzene rings is 1. The van der Waals surface area contributed by atoms with Crippen LogP contribution in [0.5, 0.6) is 0 Å². The monoisotopic (exact) mass is 598 g/mol. The highest BCUT2D eigenvalue weighted by Gasteiger charge is 2.71. The lowest BCUT2D eigenvalue weighted by Crippen LogP contribution is -2.56. The molecule has 0 aromatic heterocycles. The first-order valence-electron chi connectivity index (χ1n) is 12.4. The Morgan fingerprint density at radius 1 is 1.00 bits per heavy atom. The molecule has 2 fully saturated rings. The summed E-state index contributed by atoms with van der Waals surface area (Å²) in [6.07, 6.45) is -4.73. The molecule has 1 atom stereocenters. The predicted molar refractivity (Wildman–Crippen MR) is 137 cm³/mol. The van der Waals surface area contributed by atoms with Crippen molar-refractivity contribution in [2.24, 2.45) is 5.92 Å². The van der Waals surface area contributed by atoms with Gasteiger partial charge in [0.25, 0.3) is 5.60 Å². The minimum Gasteiger partial charge on any atom is -0.381 e. The molecule has 1 aliphatic carbocycles. The Morgan fingerprint density at radius 3 is 2.18 bits per heavy atom. The van der Waals surface area contributed by atoms with Crippen LogP contribution in [0.4, 0.5) is 32.0 Å². The smallest absolute Gasteiger partial charge is 0.381 e. The van der Waals surface area contributed by atoms with Crippen molar-refractivity contribution in [1.82, 2.24) is 4.31 Å². The molecule has 6 nitrogen and oxygen atoms in total.